The molecule has 0 spiro atoms. The van der Waals surface area contributed by atoms with Crippen LogP contribution >= 0.6 is 0 Å². The molecule has 0 radical (unpaired) electrons. The van der Waals surface area contributed by atoms with Crippen LogP contribution in [0.4, 0.5) is 0 Å². The standard InChI is InChI=1S/C18H45NO2Si3.C13H34O2Si3.C5H11N/c1-17(2,3)22(9,10)20-24(13,16-14-15-19(7)8)21-23(11,12)18(4,5)6;1-12(2,3)17(8,9)14-16(7)15-18(10,11)13(4,5)6;1-4-5-6(2)3/h14-16H2,1-13H3;16H,1-11H3;4H,1,5H2,2-3H3. The fourth-order valence-corrected chi connectivity index (χ4v) is 27.0. The number of hydrogen-bond donors (Lipinski definition) is 0. The molecule has 0 N–H and O–H groups in total. The monoisotopic (exact) mass is 783 g/mol. The molecule has 0 fully saturated rings. The number of hydrogen-bond acceptors (Lipinski definition) is 6. The van der Waals surface area contributed by atoms with Crippen molar-refractivity contribution in [2.75, 3.05) is 41.3 Å². The average molecular weight is 784 g/mol. The van der Waals surface area contributed by atoms with Gasteiger partial charge in [0, 0.05) is 6.54 Å². The van der Waals surface area contributed by atoms with Crippen LogP contribution in [0.1, 0.15) is 89.5 Å². The lowest BCUT2D eigenvalue weighted by Crippen LogP contribution is -2.58. The molecule has 0 aromatic heterocycles. The Morgan fingerprint density at radius 3 is 1.02 bits per heavy atom. The Balaban J connectivity index is -0.000000740. The summed E-state index contributed by atoms with van der Waals surface area (Å²) >= 11 is 0. The van der Waals surface area contributed by atoms with Crippen LogP contribution in [-0.2, 0) is 16.5 Å². The molecular weight excluding hydrogens is 693 g/mol. The normalized spacial score (nSPS) is 14.5. The minimum atomic E-state index is -2.21. The van der Waals surface area contributed by atoms with Gasteiger partial charge in [-0.3, -0.25) is 0 Å². The SMILES string of the molecule is C=CCN(C)C.CN(C)CCC[Si](C)(O[Si](C)(C)C(C)(C)C)O[Si](C)(C)C(C)(C)C.C[SiH](O[Si](C)(C)C(C)(C)C)O[Si](C)(C)C(C)(C)C. The van der Waals surface area contributed by atoms with Gasteiger partial charge in [0.2, 0.25) is 0 Å². The van der Waals surface area contributed by atoms with Crippen LogP contribution in [0.15, 0.2) is 12.7 Å². The maximum Gasteiger partial charge on any atom is 0.314 e. The van der Waals surface area contributed by atoms with Crippen molar-refractivity contribution in [2.45, 2.75) is 181 Å². The maximum absolute atomic E-state index is 6.97. The van der Waals surface area contributed by atoms with E-state index < -0.39 is 51.1 Å². The van der Waals surface area contributed by atoms with Crippen molar-refractivity contribution in [1.82, 2.24) is 9.80 Å². The smallest absolute Gasteiger partial charge is 0.314 e. The van der Waals surface area contributed by atoms with Gasteiger partial charge >= 0.3 is 8.56 Å². The van der Waals surface area contributed by atoms with Gasteiger partial charge in [0.15, 0.2) is 33.3 Å². The second-order valence-electron chi connectivity index (χ2n) is 20.6. The first kappa shape index (κ1) is 53.2. The first-order chi connectivity index (χ1) is 20.7. The summed E-state index contributed by atoms with van der Waals surface area (Å²) < 4.78 is 26.8. The molecule has 0 aromatic rings. The summed E-state index contributed by atoms with van der Waals surface area (Å²) in [6.07, 6.45) is 3.03. The summed E-state index contributed by atoms with van der Waals surface area (Å²) in [4.78, 5) is 4.32. The van der Waals surface area contributed by atoms with Crippen LogP contribution in [0.5, 0.6) is 0 Å². The van der Waals surface area contributed by atoms with E-state index in [0.29, 0.717) is 0 Å². The van der Waals surface area contributed by atoms with Crippen LogP contribution in [0, 0.1) is 0 Å². The highest BCUT2D eigenvalue weighted by Crippen LogP contribution is 2.44. The highest BCUT2D eigenvalue weighted by Gasteiger charge is 2.50. The molecule has 0 bridgehead atoms. The van der Waals surface area contributed by atoms with E-state index in [9.17, 15) is 0 Å². The summed E-state index contributed by atoms with van der Waals surface area (Å²) in [6, 6.07) is 1.09. The molecule has 0 aliphatic heterocycles. The predicted molar refractivity (Wildman–Crippen MR) is 234 cm³/mol. The molecule has 12 heteroatoms. The molecular formula is C36H90N2O4Si6. The van der Waals surface area contributed by atoms with Crippen molar-refractivity contribution >= 4 is 51.1 Å². The van der Waals surface area contributed by atoms with E-state index in [-0.39, 0.29) is 20.2 Å². The third kappa shape index (κ3) is 20.7. The lowest BCUT2D eigenvalue weighted by Gasteiger charge is -2.48. The Hall–Kier alpha value is 0.801. The Morgan fingerprint density at radius 2 is 0.833 bits per heavy atom. The Morgan fingerprint density at radius 1 is 0.542 bits per heavy atom. The Bertz CT molecular complexity index is 857. The lowest BCUT2D eigenvalue weighted by molar-refractivity contribution is 0.339. The van der Waals surface area contributed by atoms with E-state index >= 15 is 0 Å². The number of rotatable bonds is 14. The van der Waals surface area contributed by atoms with Crippen LogP contribution in [-0.4, -0.2) is 102 Å². The van der Waals surface area contributed by atoms with Crippen molar-refractivity contribution < 1.29 is 16.5 Å². The predicted octanol–water partition coefficient (Wildman–Crippen LogP) is 11.7. The van der Waals surface area contributed by atoms with Gasteiger partial charge in [-0.2, -0.15) is 0 Å². The van der Waals surface area contributed by atoms with Crippen LogP contribution in [0.2, 0.25) is 91.7 Å². The number of likely N-dealkylation sites (N-methyl/N-ethyl adjacent to an activating group) is 1. The molecule has 0 unspecified atom stereocenters. The highest BCUT2D eigenvalue weighted by molar-refractivity contribution is 6.90. The fraction of sp³-hybridized carbons (Fsp3) is 0.944. The largest absolute Gasteiger partial charge is 0.438 e. The van der Waals surface area contributed by atoms with Gasteiger partial charge in [-0.05, 0) is 133 Å². The zero-order valence-corrected chi connectivity index (χ0v) is 43.9. The Labute approximate surface area is 311 Å². The number of nitrogens with zero attached hydrogens (tertiary/aromatic N) is 2. The molecule has 0 aliphatic carbocycles. The molecule has 0 rings (SSSR count). The van der Waals surface area contributed by atoms with Gasteiger partial charge in [-0.15, -0.1) is 6.58 Å². The van der Waals surface area contributed by atoms with Crippen molar-refractivity contribution in [3.8, 4) is 0 Å². The van der Waals surface area contributed by atoms with Crippen molar-refractivity contribution in [2.24, 2.45) is 0 Å². The van der Waals surface area contributed by atoms with E-state index in [1.54, 1.807) is 0 Å². The van der Waals surface area contributed by atoms with Gasteiger partial charge in [0.1, 0.15) is 0 Å². The van der Waals surface area contributed by atoms with Crippen LogP contribution < -0.4 is 0 Å². The second-order valence-corrected chi connectivity index (χ2v) is 46.1. The van der Waals surface area contributed by atoms with Gasteiger partial charge in [0.05, 0.1) is 0 Å². The molecule has 0 aliphatic rings. The molecule has 0 saturated carbocycles. The van der Waals surface area contributed by atoms with Crippen LogP contribution in [0.3, 0.4) is 0 Å². The summed E-state index contributed by atoms with van der Waals surface area (Å²) in [5.41, 5.74) is 0. The third-order valence-corrected chi connectivity index (χ3v) is 41.4. The summed E-state index contributed by atoms with van der Waals surface area (Å²) in [6.45, 7) is 56.5. The molecule has 0 aromatic carbocycles. The zero-order valence-electron chi connectivity index (χ0n) is 37.7. The summed E-state index contributed by atoms with van der Waals surface area (Å²) in [7, 11) is -2.42. The van der Waals surface area contributed by atoms with E-state index in [1.165, 1.54) is 0 Å². The lowest BCUT2D eigenvalue weighted by atomic mass is 10.2. The van der Waals surface area contributed by atoms with Gasteiger partial charge in [0.25, 0.3) is 9.28 Å². The molecule has 0 atom stereocenters. The molecule has 0 amide bonds. The van der Waals surface area contributed by atoms with Crippen LogP contribution in [0.25, 0.3) is 0 Å². The molecule has 48 heavy (non-hydrogen) atoms. The minimum absolute atomic E-state index is 0.222. The summed E-state index contributed by atoms with van der Waals surface area (Å²) in [5, 5.41) is 0.981. The first-order valence-corrected chi connectivity index (χ1v) is 34.6. The second kappa shape index (κ2) is 19.8. The van der Waals surface area contributed by atoms with Crippen molar-refractivity contribution in [3.05, 3.63) is 12.7 Å². The topological polar surface area (TPSA) is 43.4 Å². The quantitative estimate of drug-likeness (QED) is 0.129. The fourth-order valence-electron chi connectivity index (χ4n) is 3.69. The van der Waals surface area contributed by atoms with Gasteiger partial charge in [-0.1, -0.05) is 89.2 Å². The average Bonchev–Trinajstić information content (AvgIpc) is 2.74. The van der Waals surface area contributed by atoms with Crippen molar-refractivity contribution in [3.63, 3.8) is 0 Å². The van der Waals surface area contributed by atoms with E-state index in [1.807, 2.05) is 20.2 Å². The Kier molecular flexibility index (Phi) is 21.9. The summed E-state index contributed by atoms with van der Waals surface area (Å²) in [5.74, 6) is 0. The molecule has 6 nitrogen and oxygen atoms in total. The van der Waals surface area contributed by atoms with Crippen molar-refractivity contribution in [1.29, 1.82) is 0 Å². The maximum atomic E-state index is 6.97. The van der Waals surface area contributed by atoms with Gasteiger partial charge < -0.3 is 26.3 Å². The van der Waals surface area contributed by atoms with Gasteiger partial charge in [-0.25, -0.2) is 0 Å². The van der Waals surface area contributed by atoms with E-state index in [2.05, 4.69) is 179 Å². The van der Waals surface area contributed by atoms with E-state index in [4.69, 9.17) is 16.5 Å². The molecule has 292 valence electrons. The minimum Gasteiger partial charge on any atom is -0.438 e. The molecule has 0 saturated heterocycles. The third-order valence-electron chi connectivity index (χ3n) is 10.8. The molecule has 0 heterocycles. The zero-order chi connectivity index (χ0) is 39.6. The highest BCUT2D eigenvalue weighted by atomic mass is 28.5. The first-order valence-electron chi connectivity index (χ1n) is 18.4. The van der Waals surface area contributed by atoms with E-state index in [0.717, 1.165) is 25.6 Å².